The summed E-state index contributed by atoms with van der Waals surface area (Å²) in [5, 5.41) is 23.3. The summed E-state index contributed by atoms with van der Waals surface area (Å²) in [4.78, 5) is 11.4. The smallest absolute Gasteiger partial charge is 0.163 e. The summed E-state index contributed by atoms with van der Waals surface area (Å²) >= 11 is 0. The second-order valence-corrected chi connectivity index (χ2v) is 7.49. The van der Waals surface area contributed by atoms with Crippen molar-refractivity contribution < 1.29 is 0 Å². The zero-order valence-electron chi connectivity index (χ0n) is 16.6. The summed E-state index contributed by atoms with van der Waals surface area (Å²) < 4.78 is 0. The van der Waals surface area contributed by atoms with E-state index < -0.39 is 0 Å². The van der Waals surface area contributed by atoms with Gasteiger partial charge in [0.05, 0.1) is 11.6 Å². The van der Waals surface area contributed by atoms with Gasteiger partial charge < -0.3 is 15.5 Å². The molecule has 1 aromatic carbocycles. The highest BCUT2D eigenvalue weighted by Gasteiger charge is 2.25. The largest absolute Gasteiger partial charge is 0.369 e. The van der Waals surface area contributed by atoms with Crippen LogP contribution in [0.4, 0.5) is 17.5 Å². The van der Waals surface area contributed by atoms with Crippen molar-refractivity contribution in [2.24, 2.45) is 0 Å². The molecule has 0 bridgehead atoms. The third-order valence-electron chi connectivity index (χ3n) is 4.71. The molecule has 4 rings (SSSR count). The highest BCUT2D eigenvalue weighted by Crippen LogP contribution is 2.39. The van der Waals surface area contributed by atoms with E-state index in [1.807, 2.05) is 38.4 Å². The van der Waals surface area contributed by atoms with Gasteiger partial charge in [0.2, 0.25) is 0 Å². The van der Waals surface area contributed by atoms with E-state index in [1.165, 1.54) is 12.8 Å². The number of likely N-dealkylation sites (N-methyl/N-ethyl adjacent to an activating group) is 1. The molecule has 2 heterocycles. The summed E-state index contributed by atoms with van der Waals surface area (Å²) in [5.74, 6) is 3.27. The molecule has 0 saturated heterocycles. The SMILES string of the molecule is CN(C)CCNc1cc(Nc2cc(C3CC3)[nH]n2)nc(-c2cccc(C#N)c2)n1. The number of hydrogen-bond donors (Lipinski definition) is 3. The standard InChI is InChI=1S/C21H24N8/c1-29(2)9-8-23-18-12-19(24-20-11-17(27-28-20)15-6-7-15)26-21(25-18)16-5-3-4-14(10-16)13-22/h3-5,10-12,15H,6-9H2,1-2H3,(H3,23,24,25,26,27,28). The highest BCUT2D eigenvalue weighted by atomic mass is 15.2. The van der Waals surface area contributed by atoms with Crippen molar-refractivity contribution in [2.75, 3.05) is 37.8 Å². The van der Waals surface area contributed by atoms with Crippen molar-refractivity contribution in [3.63, 3.8) is 0 Å². The molecule has 0 unspecified atom stereocenters. The number of nitrogens with one attached hydrogen (secondary N) is 3. The average Bonchev–Trinajstić information content (AvgIpc) is 3.47. The second-order valence-electron chi connectivity index (χ2n) is 7.49. The molecule has 2 aromatic heterocycles. The van der Waals surface area contributed by atoms with Gasteiger partial charge in [0.25, 0.3) is 0 Å². The van der Waals surface area contributed by atoms with Gasteiger partial charge in [0, 0.05) is 42.4 Å². The predicted octanol–water partition coefficient (Wildman–Crippen LogP) is 3.33. The lowest BCUT2D eigenvalue weighted by Crippen LogP contribution is -2.21. The molecule has 0 spiro atoms. The zero-order chi connectivity index (χ0) is 20.2. The molecule has 148 valence electrons. The summed E-state index contributed by atoms with van der Waals surface area (Å²) in [6.07, 6.45) is 2.43. The van der Waals surface area contributed by atoms with Gasteiger partial charge in [-0.25, -0.2) is 9.97 Å². The Bertz CT molecular complexity index is 1030. The number of aromatic nitrogens is 4. The minimum absolute atomic E-state index is 0.553. The summed E-state index contributed by atoms with van der Waals surface area (Å²) in [5.41, 5.74) is 2.53. The monoisotopic (exact) mass is 388 g/mol. The molecule has 8 nitrogen and oxygen atoms in total. The number of benzene rings is 1. The first kappa shape index (κ1) is 18.9. The van der Waals surface area contributed by atoms with E-state index >= 15 is 0 Å². The Balaban J connectivity index is 1.61. The molecular weight excluding hydrogens is 364 g/mol. The molecule has 1 saturated carbocycles. The van der Waals surface area contributed by atoms with Crippen LogP contribution < -0.4 is 10.6 Å². The van der Waals surface area contributed by atoms with Gasteiger partial charge in [-0.1, -0.05) is 12.1 Å². The number of nitriles is 1. The molecular formula is C21H24N8. The fourth-order valence-corrected chi connectivity index (χ4v) is 3.00. The van der Waals surface area contributed by atoms with Gasteiger partial charge in [-0.15, -0.1) is 0 Å². The molecule has 0 atom stereocenters. The van der Waals surface area contributed by atoms with E-state index in [1.54, 1.807) is 12.1 Å². The third kappa shape index (κ3) is 4.89. The maximum atomic E-state index is 9.20. The fourth-order valence-electron chi connectivity index (χ4n) is 3.00. The molecule has 0 aliphatic heterocycles. The Morgan fingerprint density at radius 1 is 1.14 bits per heavy atom. The van der Waals surface area contributed by atoms with Crippen molar-refractivity contribution in [3.05, 3.63) is 47.7 Å². The van der Waals surface area contributed by atoms with Gasteiger partial charge in [-0.05, 0) is 39.1 Å². The van der Waals surface area contributed by atoms with Crippen molar-refractivity contribution in [3.8, 4) is 17.5 Å². The van der Waals surface area contributed by atoms with Crippen LogP contribution >= 0.6 is 0 Å². The quantitative estimate of drug-likeness (QED) is 0.543. The summed E-state index contributed by atoms with van der Waals surface area (Å²) in [6.45, 7) is 1.64. The van der Waals surface area contributed by atoms with Crippen LogP contribution in [0, 0.1) is 11.3 Å². The number of nitrogens with zero attached hydrogens (tertiary/aromatic N) is 5. The minimum atomic E-state index is 0.553. The molecule has 8 heteroatoms. The van der Waals surface area contributed by atoms with E-state index in [0.717, 1.165) is 36.0 Å². The Morgan fingerprint density at radius 2 is 1.97 bits per heavy atom. The number of rotatable bonds is 8. The maximum Gasteiger partial charge on any atom is 0.163 e. The topological polar surface area (TPSA) is 106 Å². The summed E-state index contributed by atoms with van der Waals surface area (Å²) in [6, 6.07) is 13.4. The van der Waals surface area contributed by atoms with Crippen LogP contribution in [-0.2, 0) is 0 Å². The molecule has 0 radical (unpaired) electrons. The molecule has 1 aliphatic carbocycles. The van der Waals surface area contributed by atoms with Crippen LogP contribution in [0.5, 0.6) is 0 Å². The second kappa shape index (κ2) is 8.29. The van der Waals surface area contributed by atoms with Gasteiger partial charge in [0.15, 0.2) is 11.6 Å². The van der Waals surface area contributed by atoms with E-state index in [9.17, 15) is 5.26 Å². The van der Waals surface area contributed by atoms with E-state index in [2.05, 4.69) is 41.8 Å². The zero-order valence-corrected chi connectivity index (χ0v) is 16.6. The van der Waals surface area contributed by atoms with Gasteiger partial charge in [-0.3, -0.25) is 5.10 Å². The van der Waals surface area contributed by atoms with Crippen LogP contribution in [0.1, 0.15) is 30.0 Å². The summed E-state index contributed by atoms with van der Waals surface area (Å²) in [7, 11) is 4.06. The normalized spacial score (nSPS) is 13.3. The number of aromatic amines is 1. The van der Waals surface area contributed by atoms with Crippen LogP contribution in [-0.4, -0.2) is 52.3 Å². The van der Waals surface area contributed by atoms with E-state index in [-0.39, 0.29) is 0 Å². The Kier molecular flexibility index (Phi) is 5.40. The Hall–Kier alpha value is -3.44. The lowest BCUT2D eigenvalue weighted by atomic mass is 10.1. The van der Waals surface area contributed by atoms with Crippen molar-refractivity contribution in [1.29, 1.82) is 5.26 Å². The molecule has 3 aromatic rings. The molecule has 0 amide bonds. The molecule has 3 N–H and O–H groups in total. The Labute approximate surface area is 170 Å². The van der Waals surface area contributed by atoms with Crippen molar-refractivity contribution in [2.45, 2.75) is 18.8 Å². The van der Waals surface area contributed by atoms with Crippen LogP contribution in [0.3, 0.4) is 0 Å². The van der Waals surface area contributed by atoms with Gasteiger partial charge >= 0.3 is 0 Å². The number of hydrogen-bond acceptors (Lipinski definition) is 7. The lowest BCUT2D eigenvalue weighted by molar-refractivity contribution is 0.425. The van der Waals surface area contributed by atoms with Crippen molar-refractivity contribution in [1.82, 2.24) is 25.1 Å². The third-order valence-corrected chi connectivity index (χ3v) is 4.71. The first-order valence-corrected chi connectivity index (χ1v) is 9.71. The molecule has 1 fully saturated rings. The van der Waals surface area contributed by atoms with E-state index in [4.69, 9.17) is 0 Å². The maximum absolute atomic E-state index is 9.20. The highest BCUT2D eigenvalue weighted by molar-refractivity contribution is 5.65. The number of anilines is 3. The minimum Gasteiger partial charge on any atom is -0.369 e. The van der Waals surface area contributed by atoms with Crippen LogP contribution in [0.15, 0.2) is 36.4 Å². The van der Waals surface area contributed by atoms with Crippen molar-refractivity contribution >= 4 is 17.5 Å². The Morgan fingerprint density at radius 3 is 2.72 bits per heavy atom. The van der Waals surface area contributed by atoms with Gasteiger partial charge in [-0.2, -0.15) is 10.4 Å². The van der Waals surface area contributed by atoms with E-state index in [0.29, 0.717) is 23.1 Å². The predicted molar refractivity (Wildman–Crippen MR) is 113 cm³/mol. The fraction of sp³-hybridized carbons (Fsp3) is 0.333. The average molecular weight is 388 g/mol. The first-order valence-electron chi connectivity index (χ1n) is 9.71. The molecule has 1 aliphatic rings. The van der Waals surface area contributed by atoms with Gasteiger partial charge in [0.1, 0.15) is 11.6 Å². The molecule has 29 heavy (non-hydrogen) atoms. The lowest BCUT2D eigenvalue weighted by Gasteiger charge is -2.13. The van der Waals surface area contributed by atoms with Crippen LogP contribution in [0.25, 0.3) is 11.4 Å². The first-order chi connectivity index (χ1) is 14.1. The number of H-pyrrole nitrogens is 1. The van der Waals surface area contributed by atoms with Crippen LogP contribution in [0.2, 0.25) is 0 Å².